The number of methoxy groups -OCH3 is 1. The molecular formula is C57H74N10O8S. The van der Waals surface area contributed by atoms with Gasteiger partial charge in [-0.05, 0) is 137 Å². The lowest BCUT2D eigenvalue weighted by Gasteiger charge is -2.58. The van der Waals surface area contributed by atoms with Crippen LogP contribution < -0.4 is 25.1 Å². The topological polar surface area (TPSA) is 211 Å². The molecule has 3 aliphatic heterocycles. The van der Waals surface area contributed by atoms with Crippen molar-refractivity contribution in [3.05, 3.63) is 124 Å². The number of amides is 1. The fraction of sp³-hybridized carbons (Fsp3) is 0.509. The van der Waals surface area contributed by atoms with Gasteiger partial charge >= 0.3 is 0 Å². The van der Waals surface area contributed by atoms with E-state index in [1.807, 2.05) is 19.1 Å². The first-order valence-electron chi connectivity index (χ1n) is 27.0. The van der Waals surface area contributed by atoms with Crippen LogP contribution in [-0.4, -0.2) is 126 Å². The third kappa shape index (κ3) is 11.5. The number of nitrogens with zero attached hydrogens (tertiary/aromatic N) is 6. The first-order valence-corrected chi connectivity index (χ1v) is 28.5. The van der Waals surface area contributed by atoms with Crippen molar-refractivity contribution in [1.29, 1.82) is 0 Å². The molecule has 2 aliphatic carbocycles. The maximum Gasteiger partial charge on any atom is 0.293 e. The predicted molar refractivity (Wildman–Crippen MR) is 294 cm³/mol. The minimum atomic E-state index is -4.59. The van der Waals surface area contributed by atoms with Crippen LogP contribution in [0, 0.1) is 21.4 Å². The number of hydrogen-bond acceptors (Lipinski definition) is 15. The van der Waals surface area contributed by atoms with E-state index in [1.165, 1.54) is 28.8 Å². The van der Waals surface area contributed by atoms with E-state index in [1.54, 1.807) is 37.7 Å². The Balaban J connectivity index is 0.829. The van der Waals surface area contributed by atoms with Crippen molar-refractivity contribution in [2.75, 3.05) is 63.1 Å². The van der Waals surface area contributed by atoms with Crippen LogP contribution in [-0.2, 0) is 14.8 Å². The molecule has 2 saturated carbocycles. The fourth-order valence-electron chi connectivity index (χ4n) is 12.3. The summed E-state index contributed by atoms with van der Waals surface area (Å²) in [5.41, 5.74) is 8.31. The van der Waals surface area contributed by atoms with Crippen molar-refractivity contribution in [2.24, 2.45) is 11.3 Å². The number of anilines is 2. The third-order valence-electron chi connectivity index (χ3n) is 16.9. The Bertz CT molecular complexity index is 3060. The summed E-state index contributed by atoms with van der Waals surface area (Å²) < 4.78 is 42.2. The molecule has 1 amide bonds. The van der Waals surface area contributed by atoms with Crippen LogP contribution in [0.2, 0.25) is 0 Å². The zero-order chi connectivity index (χ0) is 53.5. The van der Waals surface area contributed by atoms with Gasteiger partial charge in [0.1, 0.15) is 29.1 Å². The van der Waals surface area contributed by atoms with Gasteiger partial charge in [-0.2, -0.15) is 0 Å². The normalized spacial score (nSPS) is 23.5. The molecule has 1 spiro atoms. The van der Waals surface area contributed by atoms with E-state index in [9.17, 15) is 28.4 Å². The molecule has 2 aromatic heterocycles. The lowest BCUT2D eigenvalue weighted by atomic mass is 9.59. The highest BCUT2D eigenvalue weighted by molar-refractivity contribution is 7.90. The monoisotopic (exact) mass is 1060 g/mol. The van der Waals surface area contributed by atoms with Gasteiger partial charge in [0.2, 0.25) is 0 Å². The van der Waals surface area contributed by atoms with E-state index in [-0.39, 0.29) is 40.6 Å². The van der Waals surface area contributed by atoms with Crippen LogP contribution in [0.1, 0.15) is 119 Å². The number of carbonyl (C=O) groups is 1. The highest BCUT2D eigenvalue weighted by Gasteiger charge is 2.50. The number of nitro groups is 1. The maximum absolute atomic E-state index is 14.1. The summed E-state index contributed by atoms with van der Waals surface area (Å²) in [7, 11) is -2.82. The largest absolute Gasteiger partial charge is 0.455 e. The van der Waals surface area contributed by atoms with Gasteiger partial charge in [-0.1, -0.05) is 38.1 Å². The molecule has 5 heterocycles. The number of hydrogen-bond donors (Lipinski definition) is 5. The summed E-state index contributed by atoms with van der Waals surface area (Å²) >= 11 is 0. The van der Waals surface area contributed by atoms with Gasteiger partial charge in [0.15, 0.2) is 0 Å². The summed E-state index contributed by atoms with van der Waals surface area (Å²) in [5.74, 6) is 0.152. The predicted octanol–water partition coefficient (Wildman–Crippen LogP) is 9.05. The Morgan fingerprint density at radius 2 is 1.74 bits per heavy atom. The number of hydrazine groups is 1. The number of H-pyrrole nitrogens is 1. The molecule has 76 heavy (non-hydrogen) atoms. The molecule has 2 atom stereocenters. The van der Waals surface area contributed by atoms with E-state index in [4.69, 9.17) is 9.47 Å². The zero-order valence-electron chi connectivity index (χ0n) is 44.6. The number of aromatic amines is 1. The number of aliphatic hydroxyl groups is 1. The fourth-order valence-corrected chi connectivity index (χ4v) is 13.3. The van der Waals surface area contributed by atoms with Crippen molar-refractivity contribution in [3.8, 4) is 11.5 Å². The average molecular weight is 1060 g/mol. The molecule has 5 aromatic rings. The van der Waals surface area contributed by atoms with Crippen LogP contribution in [0.25, 0.3) is 11.0 Å². The number of aromatic nitrogens is 2. The number of fused-ring (bicyclic) bond motifs is 1. The lowest BCUT2D eigenvalue weighted by Crippen LogP contribution is -2.60. The van der Waals surface area contributed by atoms with Crippen molar-refractivity contribution in [1.82, 2.24) is 34.9 Å². The second-order valence-electron chi connectivity index (χ2n) is 22.8. The number of benzene rings is 3. The standard InChI is InChI=1S/C57H74N10O8S/c1-37(2)46-9-7-8-10-47(46)51-36-63(34-41-35-66(38(3)4)61-55(41)74-6)25-26-65(51)43-30-57(31-43)20-23-64(24-21-57)42-11-13-48(52(28-42)75-44-27-40-17-22-58-53(40)60-33-44)54(68)62-76(72,73)45-12-14-49(50(29-45)67(70)71)59-32-39-15-18-56(5,69)19-16-39/h7-14,17,22,27-29,33,35,37-39,43,51,55,59,61,69H,15-16,18-21,23-26,30-32,34,36H2,1-6H3,(H,58,60)(H,62,68)/t39-,51?,55?,56-. The van der Waals surface area contributed by atoms with Gasteiger partial charge < -0.3 is 34.8 Å². The third-order valence-corrected chi connectivity index (χ3v) is 18.2. The molecule has 3 aromatic carbocycles. The van der Waals surface area contributed by atoms with Crippen LogP contribution in [0.5, 0.6) is 11.5 Å². The van der Waals surface area contributed by atoms with E-state index < -0.39 is 37.0 Å². The number of nitrogens with one attached hydrogen (secondary N) is 4. The van der Waals surface area contributed by atoms with Crippen molar-refractivity contribution < 1.29 is 32.7 Å². The second-order valence-corrected chi connectivity index (χ2v) is 24.5. The smallest absolute Gasteiger partial charge is 0.293 e. The van der Waals surface area contributed by atoms with Crippen molar-refractivity contribution in [2.45, 2.75) is 127 Å². The number of rotatable bonds is 17. The Kier molecular flexibility index (Phi) is 15.2. The summed E-state index contributed by atoms with van der Waals surface area (Å²) in [6.07, 6.45) is 12.5. The molecule has 10 rings (SSSR count). The molecule has 406 valence electrons. The molecule has 5 aliphatic rings. The Hall–Kier alpha value is -6.09. The van der Waals surface area contributed by atoms with Gasteiger partial charge in [-0.25, -0.2) is 23.5 Å². The Morgan fingerprint density at radius 3 is 2.46 bits per heavy atom. The van der Waals surface area contributed by atoms with Crippen molar-refractivity contribution >= 4 is 44.0 Å². The number of pyridine rings is 1. The molecule has 4 fully saturated rings. The number of carbonyl (C=O) groups excluding carboxylic acids is 1. The minimum absolute atomic E-state index is 0.0302. The van der Waals surface area contributed by atoms with Gasteiger partial charge in [0.25, 0.3) is 21.6 Å². The SMILES string of the molecule is COC1NN(C(C)C)C=C1CN1CCN(C2CC3(CCN(c4ccc(C(=O)NS(=O)(=O)c5ccc(NC[C@H]6CC[C@](C)(O)CC6)c([N+](=O)[O-])c5)c(Oc5cnc6[nH]ccc6c5)c4)CC3)C2)C(c2ccccc2C(C)C)C1. The van der Waals surface area contributed by atoms with Gasteiger partial charge in [-0.3, -0.25) is 24.7 Å². The van der Waals surface area contributed by atoms with Crippen LogP contribution >= 0.6 is 0 Å². The van der Waals surface area contributed by atoms with E-state index in [0.29, 0.717) is 48.8 Å². The van der Waals surface area contributed by atoms with Crippen LogP contribution in [0.3, 0.4) is 0 Å². The van der Waals surface area contributed by atoms with Crippen LogP contribution in [0.4, 0.5) is 17.1 Å². The van der Waals surface area contributed by atoms with E-state index in [2.05, 4.69) is 103 Å². The quantitative estimate of drug-likeness (QED) is 0.0434. The number of piperazine rings is 1. The molecule has 18 nitrogen and oxygen atoms in total. The highest BCUT2D eigenvalue weighted by atomic mass is 32.2. The number of nitro benzene ring substituents is 1. The summed E-state index contributed by atoms with van der Waals surface area (Å²) in [5, 5.41) is 28.7. The summed E-state index contributed by atoms with van der Waals surface area (Å²) in [4.78, 5) is 40.6. The molecule has 0 bridgehead atoms. The Labute approximate surface area is 446 Å². The first kappa shape index (κ1) is 53.3. The first-order chi connectivity index (χ1) is 36.4. The summed E-state index contributed by atoms with van der Waals surface area (Å²) in [6, 6.07) is 22.5. The number of piperidine rings is 1. The molecular weight excluding hydrogens is 985 g/mol. The molecule has 2 unspecified atom stereocenters. The average Bonchev–Trinajstić information content (AvgIpc) is 4.04. The maximum atomic E-state index is 14.1. The molecule has 5 N–H and O–H groups in total. The van der Waals surface area contributed by atoms with Crippen molar-refractivity contribution in [3.63, 3.8) is 0 Å². The summed E-state index contributed by atoms with van der Waals surface area (Å²) in [6.45, 7) is 16.5. The number of ether oxygens (including phenoxy) is 2. The molecule has 19 heteroatoms. The Morgan fingerprint density at radius 1 is 0.974 bits per heavy atom. The second kappa shape index (κ2) is 21.7. The van der Waals surface area contributed by atoms with Gasteiger partial charge in [0, 0.05) is 112 Å². The van der Waals surface area contributed by atoms with Crippen LogP contribution in [0.15, 0.2) is 102 Å². The zero-order valence-corrected chi connectivity index (χ0v) is 45.4. The van der Waals surface area contributed by atoms with Gasteiger partial charge in [0.05, 0.1) is 27.2 Å². The molecule has 0 radical (unpaired) electrons. The minimum Gasteiger partial charge on any atom is -0.455 e. The van der Waals surface area contributed by atoms with Gasteiger partial charge in [-0.15, -0.1) is 0 Å². The number of sulfonamides is 1. The van der Waals surface area contributed by atoms with E-state index in [0.717, 1.165) is 94.9 Å². The van der Waals surface area contributed by atoms with E-state index >= 15 is 0 Å². The highest BCUT2D eigenvalue weighted by Crippen LogP contribution is 2.53. The lowest BCUT2D eigenvalue weighted by molar-refractivity contribution is -0.384. The molecule has 2 saturated heterocycles.